The fraction of sp³-hybridized carbons (Fsp3) is 0.360. The number of morpholine rings is 1. The minimum atomic E-state index is 0.521. The summed E-state index contributed by atoms with van der Waals surface area (Å²) in [6, 6.07) is 10.6. The number of aryl methyl sites for hydroxylation is 2. The first-order chi connectivity index (χ1) is 15.6. The third kappa shape index (κ3) is 4.00. The summed E-state index contributed by atoms with van der Waals surface area (Å²) in [4.78, 5) is 14.1. The van der Waals surface area contributed by atoms with Crippen molar-refractivity contribution in [3.05, 3.63) is 65.1 Å². The molecule has 3 aromatic rings. The number of fused-ring (bicyclic) bond motifs is 1. The van der Waals surface area contributed by atoms with Crippen LogP contribution in [0.2, 0.25) is 5.15 Å². The number of hydrogen-bond acceptors (Lipinski definition) is 5. The zero-order valence-corrected chi connectivity index (χ0v) is 19.3. The molecule has 0 bridgehead atoms. The second kappa shape index (κ2) is 8.96. The van der Waals surface area contributed by atoms with Crippen molar-refractivity contribution in [3.63, 3.8) is 0 Å². The number of hydrogen-bond donors (Lipinski definition) is 0. The first-order valence-electron chi connectivity index (χ1n) is 11.2. The fourth-order valence-corrected chi connectivity index (χ4v) is 4.76. The molecule has 6 nitrogen and oxygen atoms in total. The van der Waals surface area contributed by atoms with Crippen LogP contribution in [0.3, 0.4) is 0 Å². The summed E-state index contributed by atoms with van der Waals surface area (Å²) in [6.07, 6.45) is 7.41. The molecule has 0 unspecified atom stereocenters. The summed E-state index contributed by atoms with van der Waals surface area (Å²) in [6.45, 7) is 9.21. The molecule has 166 valence electrons. The van der Waals surface area contributed by atoms with Gasteiger partial charge in [0, 0.05) is 49.0 Å². The highest BCUT2D eigenvalue weighted by Gasteiger charge is 2.19. The molecule has 4 heterocycles. The quantitative estimate of drug-likeness (QED) is 0.513. The summed E-state index contributed by atoms with van der Waals surface area (Å²) in [5.74, 6) is 0. The Labute approximate surface area is 193 Å². The van der Waals surface area contributed by atoms with Gasteiger partial charge in [0.1, 0.15) is 11.8 Å². The van der Waals surface area contributed by atoms with E-state index in [0.717, 1.165) is 72.8 Å². The van der Waals surface area contributed by atoms with Gasteiger partial charge in [-0.3, -0.25) is 4.99 Å². The Morgan fingerprint density at radius 2 is 1.94 bits per heavy atom. The van der Waals surface area contributed by atoms with Crippen LogP contribution < -0.4 is 9.80 Å². The van der Waals surface area contributed by atoms with E-state index in [4.69, 9.17) is 21.3 Å². The van der Waals surface area contributed by atoms with Crippen LogP contribution in [0.4, 0.5) is 11.4 Å². The average Bonchev–Trinajstić information content (AvgIpc) is 3.18. The summed E-state index contributed by atoms with van der Waals surface area (Å²) in [5, 5.41) is 0.521. The number of aliphatic imine (C=N–C) groups is 1. The molecule has 0 atom stereocenters. The molecule has 0 N–H and O–H groups in total. The number of allylic oxidation sites excluding steroid dienone is 1. The van der Waals surface area contributed by atoms with Crippen molar-refractivity contribution in [2.45, 2.75) is 26.8 Å². The average molecular weight is 450 g/mol. The minimum absolute atomic E-state index is 0.521. The third-order valence-corrected chi connectivity index (χ3v) is 6.26. The van der Waals surface area contributed by atoms with Crippen molar-refractivity contribution < 1.29 is 4.74 Å². The number of aromatic nitrogens is 2. The van der Waals surface area contributed by atoms with Gasteiger partial charge in [0.25, 0.3) is 0 Å². The van der Waals surface area contributed by atoms with Crippen molar-refractivity contribution in [1.82, 2.24) is 9.55 Å². The third-order valence-electron chi connectivity index (χ3n) is 6.06. The molecule has 32 heavy (non-hydrogen) atoms. The molecule has 1 fully saturated rings. The Hall–Kier alpha value is -2.83. The molecule has 2 aliphatic heterocycles. The van der Waals surface area contributed by atoms with Crippen molar-refractivity contribution in [2.24, 2.45) is 4.99 Å². The van der Waals surface area contributed by atoms with Gasteiger partial charge in [0.05, 0.1) is 30.0 Å². The topological polar surface area (TPSA) is 45.9 Å². The van der Waals surface area contributed by atoms with E-state index in [9.17, 15) is 0 Å². The normalized spacial score (nSPS) is 16.7. The Kier molecular flexibility index (Phi) is 5.89. The van der Waals surface area contributed by atoms with Crippen LogP contribution >= 0.6 is 11.6 Å². The number of anilines is 2. The molecule has 0 spiro atoms. The van der Waals surface area contributed by atoms with Gasteiger partial charge in [-0.05, 0) is 49.2 Å². The van der Waals surface area contributed by atoms with E-state index in [2.05, 4.69) is 75.9 Å². The lowest BCUT2D eigenvalue weighted by Crippen LogP contribution is -2.36. The van der Waals surface area contributed by atoms with Crippen molar-refractivity contribution in [2.75, 3.05) is 42.8 Å². The molecule has 0 radical (unpaired) electrons. The van der Waals surface area contributed by atoms with Crippen molar-refractivity contribution >= 4 is 39.7 Å². The molecule has 0 saturated carbocycles. The van der Waals surface area contributed by atoms with Gasteiger partial charge in [-0.2, -0.15) is 0 Å². The van der Waals surface area contributed by atoms with Gasteiger partial charge in [0.15, 0.2) is 0 Å². The second-order valence-corrected chi connectivity index (χ2v) is 8.67. The monoisotopic (exact) mass is 449 g/mol. The standard InChI is InChI=1S/C25H28ClN5O/c1-3-8-30-16-21(24-25(30)18(2)14-23(26)28-24)22-7-9-31(17-27-22)20-6-4-5-19(15-20)29-10-12-32-13-11-29/h4-7,9,14-16H,3,8,10-13,17H2,1-2H3. The number of rotatable bonds is 5. The lowest BCUT2D eigenvalue weighted by Gasteiger charge is -2.30. The Bertz CT molecular complexity index is 1190. The molecule has 5 rings (SSSR count). The van der Waals surface area contributed by atoms with E-state index in [0.29, 0.717) is 11.8 Å². The van der Waals surface area contributed by atoms with Crippen molar-refractivity contribution in [1.29, 1.82) is 0 Å². The molecular weight excluding hydrogens is 422 g/mol. The van der Waals surface area contributed by atoms with Crippen LogP contribution in [0, 0.1) is 6.92 Å². The van der Waals surface area contributed by atoms with Crippen LogP contribution in [-0.4, -0.2) is 48.2 Å². The maximum absolute atomic E-state index is 6.30. The summed E-state index contributed by atoms with van der Waals surface area (Å²) in [5.41, 5.74) is 7.56. The lowest BCUT2D eigenvalue weighted by molar-refractivity contribution is 0.122. The summed E-state index contributed by atoms with van der Waals surface area (Å²) < 4.78 is 7.76. The van der Waals surface area contributed by atoms with Crippen molar-refractivity contribution in [3.8, 4) is 0 Å². The highest BCUT2D eigenvalue weighted by atomic mass is 35.5. The SMILES string of the molecule is CCCn1cc(C2=NCN(c3cccc(N4CCOCC4)c3)C=C2)c2nc(Cl)cc(C)c21. The predicted molar refractivity (Wildman–Crippen MR) is 132 cm³/mol. The van der Waals surface area contributed by atoms with Crippen LogP contribution in [0.25, 0.3) is 11.0 Å². The number of benzene rings is 1. The smallest absolute Gasteiger partial charge is 0.130 e. The number of nitrogens with zero attached hydrogens (tertiary/aromatic N) is 5. The maximum atomic E-state index is 6.30. The van der Waals surface area contributed by atoms with E-state index in [1.807, 2.05) is 6.07 Å². The highest BCUT2D eigenvalue weighted by Crippen LogP contribution is 2.29. The molecule has 0 aliphatic carbocycles. The number of ether oxygens (including phenoxy) is 1. The molecular formula is C25H28ClN5O. The zero-order valence-electron chi connectivity index (χ0n) is 18.6. The van der Waals surface area contributed by atoms with E-state index in [1.54, 1.807) is 0 Å². The molecule has 2 aromatic heterocycles. The number of halogens is 1. The van der Waals surface area contributed by atoms with Gasteiger partial charge >= 0.3 is 0 Å². The van der Waals surface area contributed by atoms with E-state index in [-0.39, 0.29) is 0 Å². The molecule has 1 saturated heterocycles. The summed E-state index contributed by atoms with van der Waals surface area (Å²) >= 11 is 6.30. The minimum Gasteiger partial charge on any atom is -0.378 e. The molecule has 0 amide bonds. The maximum Gasteiger partial charge on any atom is 0.130 e. The molecule has 7 heteroatoms. The Balaban J connectivity index is 1.42. The zero-order chi connectivity index (χ0) is 22.1. The largest absolute Gasteiger partial charge is 0.378 e. The Morgan fingerprint density at radius 1 is 1.12 bits per heavy atom. The molecule has 1 aromatic carbocycles. The second-order valence-electron chi connectivity index (χ2n) is 8.28. The van der Waals surface area contributed by atoms with Gasteiger partial charge in [-0.25, -0.2) is 4.98 Å². The highest BCUT2D eigenvalue weighted by molar-refractivity contribution is 6.30. The van der Waals surface area contributed by atoms with E-state index in [1.165, 1.54) is 5.69 Å². The fourth-order valence-electron chi connectivity index (χ4n) is 4.51. The van der Waals surface area contributed by atoms with Crippen LogP contribution in [0.1, 0.15) is 24.5 Å². The predicted octanol–water partition coefficient (Wildman–Crippen LogP) is 5.03. The lowest BCUT2D eigenvalue weighted by atomic mass is 10.1. The van der Waals surface area contributed by atoms with E-state index >= 15 is 0 Å². The van der Waals surface area contributed by atoms with Crippen LogP contribution in [0.5, 0.6) is 0 Å². The summed E-state index contributed by atoms with van der Waals surface area (Å²) in [7, 11) is 0. The molecule has 2 aliphatic rings. The van der Waals surface area contributed by atoms with Gasteiger partial charge in [0.2, 0.25) is 0 Å². The van der Waals surface area contributed by atoms with Crippen LogP contribution in [0.15, 0.2) is 53.8 Å². The van der Waals surface area contributed by atoms with Gasteiger partial charge in [-0.1, -0.05) is 24.6 Å². The van der Waals surface area contributed by atoms with Gasteiger partial charge < -0.3 is 19.1 Å². The van der Waals surface area contributed by atoms with E-state index < -0.39 is 0 Å². The Morgan fingerprint density at radius 3 is 2.69 bits per heavy atom. The first kappa shape index (κ1) is 21.0. The van der Waals surface area contributed by atoms with Crippen LogP contribution in [-0.2, 0) is 11.3 Å². The van der Waals surface area contributed by atoms with Gasteiger partial charge in [-0.15, -0.1) is 0 Å². The number of pyridine rings is 1. The first-order valence-corrected chi connectivity index (χ1v) is 11.6.